The average Bonchev–Trinajstić information content (AvgIpc) is 2.83. The van der Waals surface area contributed by atoms with Gasteiger partial charge < -0.3 is 11.1 Å². The van der Waals surface area contributed by atoms with Crippen LogP contribution in [0.1, 0.15) is 31.1 Å². The Kier molecular flexibility index (Phi) is 3.49. The molecule has 18 heavy (non-hydrogen) atoms. The topological polar surface area (TPSA) is 80.0 Å². The summed E-state index contributed by atoms with van der Waals surface area (Å²) in [6, 6.07) is 0.917. The van der Waals surface area contributed by atoms with Crippen molar-refractivity contribution in [2.45, 2.75) is 37.4 Å². The first-order valence-electron chi connectivity index (χ1n) is 6.70. The molecular weight excluding hydrogens is 228 g/mol. The molecule has 1 aromatic rings. The highest BCUT2D eigenvalue weighted by molar-refractivity contribution is 5.04. The standard InChI is InChI=1S/C12H20N6/c13-10-3-6-18(9-1-4-14-5-2-9)11(10)12-16-7-15-8-17-12/h7-11,14H,1-6,13H2. The first-order valence-corrected chi connectivity index (χ1v) is 6.70. The van der Waals surface area contributed by atoms with E-state index < -0.39 is 0 Å². The molecule has 0 amide bonds. The zero-order valence-electron chi connectivity index (χ0n) is 10.5. The number of hydrogen-bond acceptors (Lipinski definition) is 6. The lowest BCUT2D eigenvalue weighted by Gasteiger charge is -2.35. The van der Waals surface area contributed by atoms with E-state index in [-0.39, 0.29) is 12.1 Å². The van der Waals surface area contributed by atoms with Crippen molar-refractivity contribution in [2.75, 3.05) is 19.6 Å². The molecule has 2 fully saturated rings. The van der Waals surface area contributed by atoms with Gasteiger partial charge in [0.2, 0.25) is 0 Å². The van der Waals surface area contributed by atoms with Crippen LogP contribution in [0, 0.1) is 0 Å². The number of rotatable bonds is 2. The molecule has 2 atom stereocenters. The molecule has 0 saturated carbocycles. The first kappa shape index (κ1) is 12.0. The lowest BCUT2D eigenvalue weighted by molar-refractivity contribution is 0.138. The predicted molar refractivity (Wildman–Crippen MR) is 67.8 cm³/mol. The van der Waals surface area contributed by atoms with Gasteiger partial charge in [-0.25, -0.2) is 15.0 Å². The average molecular weight is 248 g/mol. The van der Waals surface area contributed by atoms with E-state index in [1.165, 1.54) is 12.8 Å². The van der Waals surface area contributed by atoms with E-state index in [0.29, 0.717) is 6.04 Å². The second-order valence-electron chi connectivity index (χ2n) is 5.11. The third-order valence-electron chi connectivity index (χ3n) is 4.04. The summed E-state index contributed by atoms with van der Waals surface area (Å²) in [6.07, 6.45) is 6.53. The molecule has 2 saturated heterocycles. The van der Waals surface area contributed by atoms with Crippen molar-refractivity contribution < 1.29 is 0 Å². The largest absolute Gasteiger partial charge is 0.326 e. The molecule has 0 aromatic carbocycles. The van der Waals surface area contributed by atoms with Crippen LogP contribution in [-0.4, -0.2) is 51.6 Å². The van der Waals surface area contributed by atoms with Gasteiger partial charge in [-0.2, -0.15) is 0 Å². The van der Waals surface area contributed by atoms with Crippen LogP contribution in [0.25, 0.3) is 0 Å². The Balaban J connectivity index is 1.81. The molecule has 2 aliphatic rings. The maximum atomic E-state index is 6.25. The second-order valence-corrected chi connectivity index (χ2v) is 5.11. The zero-order valence-corrected chi connectivity index (χ0v) is 10.5. The van der Waals surface area contributed by atoms with Gasteiger partial charge in [-0.3, -0.25) is 4.90 Å². The minimum Gasteiger partial charge on any atom is -0.326 e. The lowest BCUT2D eigenvalue weighted by atomic mass is 10.0. The molecule has 6 nitrogen and oxygen atoms in total. The minimum atomic E-state index is 0.141. The van der Waals surface area contributed by atoms with Gasteiger partial charge >= 0.3 is 0 Å². The Hall–Kier alpha value is -1.11. The van der Waals surface area contributed by atoms with Gasteiger partial charge in [0.25, 0.3) is 0 Å². The highest BCUT2D eigenvalue weighted by atomic mass is 15.3. The van der Waals surface area contributed by atoms with Gasteiger partial charge in [-0.15, -0.1) is 0 Å². The van der Waals surface area contributed by atoms with Crippen LogP contribution >= 0.6 is 0 Å². The fourth-order valence-corrected chi connectivity index (χ4v) is 3.13. The Morgan fingerprint density at radius 3 is 2.61 bits per heavy atom. The molecular formula is C12H20N6. The maximum absolute atomic E-state index is 6.25. The van der Waals surface area contributed by atoms with Crippen LogP contribution in [0.3, 0.4) is 0 Å². The van der Waals surface area contributed by atoms with E-state index >= 15 is 0 Å². The van der Waals surface area contributed by atoms with Gasteiger partial charge in [0, 0.05) is 18.6 Å². The van der Waals surface area contributed by atoms with Crippen LogP contribution in [0.15, 0.2) is 12.7 Å². The Labute approximate surface area is 107 Å². The molecule has 3 rings (SSSR count). The molecule has 3 heterocycles. The normalized spacial score (nSPS) is 30.7. The first-order chi connectivity index (χ1) is 8.86. The van der Waals surface area contributed by atoms with Gasteiger partial charge in [0.05, 0.1) is 6.04 Å². The predicted octanol–water partition coefficient (Wildman–Crippen LogP) is -0.302. The summed E-state index contributed by atoms with van der Waals surface area (Å²) >= 11 is 0. The number of nitrogens with two attached hydrogens (primary N) is 1. The summed E-state index contributed by atoms with van der Waals surface area (Å²) in [7, 11) is 0. The van der Waals surface area contributed by atoms with E-state index in [1.807, 2.05) is 0 Å². The minimum absolute atomic E-state index is 0.141. The molecule has 6 heteroatoms. The van der Waals surface area contributed by atoms with Gasteiger partial charge in [-0.1, -0.05) is 0 Å². The fraction of sp³-hybridized carbons (Fsp3) is 0.750. The van der Waals surface area contributed by atoms with Crippen molar-refractivity contribution in [3.05, 3.63) is 18.5 Å². The van der Waals surface area contributed by atoms with Gasteiger partial charge in [0.15, 0.2) is 5.82 Å². The van der Waals surface area contributed by atoms with Gasteiger partial charge in [-0.05, 0) is 32.4 Å². The molecule has 2 aliphatic heterocycles. The lowest BCUT2D eigenvalue weighted by Crippen LogP contribution is -2.45. The number of likely N-dealkylation sites (tertiary alicyclic amines) is 1. The van der Waals surface area contributed by atoms with Crippen molar-refractivity contribution in [3.63, 3.8) is 0 Å². The molecule has 0 spiro atoms. The van der Waals surface area contributed by atoms with Crippen molar-refractivity contribution in [3.8, 4) is 0 Å². The molecule has 0 radical (unpaired) electrons. The van der Waals surface area contributed by atoms with Crippen LogP contribution in [0.4, 0.5) is 0 Å². The highest BCUT2D eigenvalue weighted by Gasteiger charge is 2.38. The molecule has 2 unspecified atom stereocenters. The summed E-state index contributed by atoms with van der Waals surface area (Å²) in [5.41, 5.74) is 6.25. The summed E-state index contributed by atoms with van der Waals surface area (Å²) in [5, 5.41) is 3.40. The fourth-order valence-electron chi connectivity index (χ4n) is 3.13. The molecule has 0 aliphatic carbocycles. The van der Waals surface area contributed by atoms with Crippen molar-refractivity contribution in [1.29, 1.82) is 0 Å². The summed E-state index contributed by atoms with van der Waals surface area (Å²) < 4.78 is 0. The maximum Gasteiger partial charge on any atom is 0.150 e. The van der Waals surface area contributed by atoms with Crippen LogP contribution < -0.4 is 11.1 Å². The van der Waals surface area contributed by atoms with Crippen LogP contribution in [0.5, 0.6) is 0 Å². The second kappa shape index (κ2) is 5.26. The van der Waals surface area contributed by atoms with E-state index in [9.17, 15) is 0 Å². The Morgan fingerprint density at radius 1 is 1.17 bits per heavy atom. The quantitative estimate of drug-likeness (QED) is 0.748. The number of nitrogens with one attached hydrogen (secondary N) is 1. The number of piperidine rings is 1. The van der Waals surface area contributed by atoms with E-state index in [2.05, 4.69) is 25.2 Å². The third-order valence-corrected chi connectivity index (χ3v) is 4.04. The smallest absolute Gasteiger partial charge is 0.150 e. The number of nitrogens with zero attached hydrogens (tertiary/aromatic N) is 4. The molecule has 3 N–H and O–H groups in total. The Morgan fingerprint density at radius 2 is 1.89 bits per heavy atom. The summed E-state index contributed by atoms with van der Waals surface area (Å²) in [4.78, 5) is 15.0. The molecule has 0 bridgehead atoms. The highest BCUT2D eigenvalue weighted by Crippen LogP contribution is 2.32. The van der Waals surface area contributed by atoms with Crippen LogP contribution in [-0.2, 0) is 0 Å². The number of hydrogen-bond donors (Lipinski definition) is 2. The van der Waals surface area contributed by atoms with E-state index in [0.717, 1.165) is 31.9 Å². The molecule has 1 aromatic heterocycles. The Bertz CT molecular complexity index is 377. The SMILES string of the molecule is NC1CCN(C2CCNCC2)C1c1ncncn1. The van der Waals surface area contributed by atoms with Gasteiger partial charge in [0.1, 0.15) is 12.7 Å². The van der Waals surface area contributed by atoms with Crippen molar-refractivity contribution in [1.82, 2.24) is 25.2 Å². The van der Waals surface area contributed by atoms with Crippen molar-refractivity contribution >= 4 is 0 Å². The van der Waals surface area contributed by atoms with Crippen LogP contribution in [0.2, 0.25) is 0 Å². The number of aromatic nitrogens is 3. The van der Waals surface area contributed by atoms with Crippen molar-refractivity contribution in [2.24, 2.45) is 5.73 Å². The molecule has 98 valence electrons. The summed E-state index contributed by atoms with van der Waals surface area (Å²) in [6.45, 7) is 3.25. The van der Waals surface area contributed by atoms with E-state index in [4.69, 9.17) is 5.73 Å². The zero-order chi connectivity index (χ0) is 12.4. The third kappa shape index (κ3) is 2.23. The summed E-state index contributed by atoms with van der Waals surface area (Å²) in [5.74, 6) is 0.827. The monoisotopic (exact) mass is 248 g/mol. The van der Waals surface area contributed by atoms with E-state index in [1.54, 1.807) is 12.7 Å².